The molecule has 4 atom stereocenters. The van der Waals surface area contributed by atoms with Gasteiger partial charge in [0, 0.05) is 23.9 Å². The van der Waals surface area contributed by atoms with Gasteiger partial charge in [-0.3, -0.25) is 4.98 Å². The maximum Gasteiger partial charge on any atom is 0.0469 e. The van der Waals surface area contributed by atoms with Gasteiger partial charge in [-0.15, -0.1) is 0 Å². The number of nitrogens with two attached hydrogens (primary N) is 1. The zero-order valence-corrected chi connectivity index (χ0v) is 13.8. The van der Waals surface area contributed by atoms with E-state index in [1.54, 1.807) is 0 Å². The van der Waals surface area contributed by atoms with Crippen LogP contribution in [0, 0.1) is 17.3 Å². The summed E-state index contributed by atoms with van der Waals surface area (Å²) < 4.78 is 0. The van der Waals surface area contributed by atoms with E-state index in [1.807, 2.05) is 6.20 Å². The second kappa shape index (κ2) is 5.72. The number of aromatic nitrogens is 1. The summed E-state index contributed by atoms with van der Waals surface area (Å²) in [5.74, 6) is 2.02. The SMILES string of the molecule is CC(C)(C)C1CCC(N)C(C2CCCc3cccnc32)C1. The van der Waals surface area contributed by atoms with Gasteiger partial charge in [0.1, 0.15) is 0 Å². The Labute approximate surface area is 129 Å². The van der Waals surface area contributed by atoms with Gasteiger partial charge in [0.15, 0.2) is 0 Å². The Bertz CT molecular complexity index is 489. The lowest BCUT2D eigenvalue weighted by atomic mass is 9.62. The molecule has 0 aromatic carbocycles. The van der Waals surface area contributed by atoms with Crippen molar-refractivity contribution in [1.82, 2.24) is 4.98 Å². The average Bonchev–Trinajstić information content (AvgIpc) is 2.46. The van der Waals surface area contributed by atoms with Crippen molar-refractivity contribution in [1.29, 1.82) is 0 Å². The number of nitrogens with zero attached hydrogens (tertiary/aromatic N) is 1. The number of hydrogen-bond acceptors (Lipinski definition) is 2. The van der Waals surface area contributed by atoms with Gasteiger partial charge in [0.05, 0.1) is 0 Å². The fraction of sp³-hybridized carbons (Fsp3) is 0.737. The number of aryl methyl sites for hydroxylation is 1. The van der Waals surface area contributed by atoms with Crippen LogP contribution in [0.25, 0.3) is 0 Å². The van der Waals surface area contributed by atoms with Crippen molar-refractivity contribution in [3.05, 3.63) is 29.6 Å². The standard InChI is InChI=1S/C19H30N2/c1-19(2,3)14-9-10-17(20)16(12-14)15-8-4-6-13-7-5-11-21-18(13)15/h5,7,11,14-17H,4,6,8-10,12,20H2,1-3H3. The van der Waals surface area contributed by atoms with Crippen LogP contribution in [-0.2, 0) is 6.42 Å². The molecule has 0 amide bonds. The minimum Gasteiger partial charge on any atom is -0.327 e. The summed E-state index contributed by atoms with van der Waals surface area (Å²) in [4.78, 5) is 4.74. The molecule has 0 bridgehead atoms. The number of hydrogen-bond donors (Lipinski definition) is 1. The van der Waals surface area contributed by atoms with E-state index in [4.69, 9.17) is 10.7 Å². The van der Waals surface area contributed by atoms with E-state index >= 15 is 0 Å². The molecule has 1 saturated carbocycles. The average molecular weight is 286 g/mol. The van der Waals surface area contributed by atoms with Gasteiger partial charge in [-0.2, -0.15) is 0 Å². The maximum atomic E-state index is 6.54. The molecule has 21 heavy (non-hydrogen) atoms. The zero-order valence-electron chi connectivity index (χ0n) is 13.8. The number of fused-ring (bicyclic) bond motifs is 1. The van der Waals surface area contributed by atoms with Crippen molar-refractivity contribution >= 4 is 0 Å². The van der Waals surface area contributed by atoms with Crippen molar-refractivity contribution in [2.75, 3.05) is 0 Å². The van der Waals surface area contributed by atoms with Crippen LogP contribution in [0.15, 0.2) is 18.3 Å². The molecule has 0 aliphatic heterocycles. The van der Waals surface area contributed by atoms with Gasteiger partial charge in [-0.05, 0) is 67.4 Å². The summed E-state index contributed by atoms with van der Waals surface area (Å²) in [6.45, 7) is 7.16. The summed E-state index contributed by atoms with van der Waals surface area (Å²) in [6, 6.07) is 4.71. The molecule has 1 aromatic heterocycles. The Balaban J connectivity index is 1.85. The van der Waals surface area contributed by atoms with E-state index in [0.29, 0.717) is 23.3 Å². The summed E-state index contributed by atoms with van der Waals surface area (Å²) >= 11 is 0. The Morgan fingerprint density at radius 1 is 1.19 bits per heavy atom. The van der Waals surface area contributed by atoms with Gasteiger partial charge in [-0.25, -0.2) is 0 Å². The van der Waals surface area contributed by atoms with Gasteiger partial charge in [0.2, 0.25) is 0 Å². The third kappa shape index (κ3) is 3.01. The van der Waals surface area contributed by atoms with Gasteiger partial charge >= 0.3 is 0 Å². The van der Waals surface area contributed by atoms with Gasteiger partial charge in [0.25, 0.3) is 0 Å². The highest BCUT2D eigenvalue weighted by atomic mass is 14.7. The lowest BCUT2D eigenvalue weighted by Crippen LogP contribution is -2.43. The quantitative estimate of drug-likeness (QED) is 0.836. The minimum absolute atomic E-state index is 0.363. The Kier molecular flexibility index (Phi) is 4.09. The van der Waals surface area contributed by atoms with Crippen molar-refractivity contribution in [2.45, 2.75) is 71.3 Å². The highest BCUT2D eigenvalue weighted by molar-refractivity contribution is 5.27. The van der Waals surface area contributed by atoms with Crippen LogP contribution in [0.5, 0.6) is 0 Å². The van der Waals surface area contributed by atoms with Crippen LogP contribution < -0.4 is 5.73 Å². The molecule has 2 aliphatic rings. The van der Waals surface area contributed by atoms with Crippen molar-refractivity contribution in [2.24, 2.45) is 23.0 Å². The van der Waals surface area contributed by atoms with Gasteiger partial charge < -0.3 is 5.73 Å². The lowest BCUT2D eigenvalue weighted by molar-refractivity contribution is 0.108. The lowest BCUT2D eigenvalue weighted by Gasteiger charge is -2.44. The molecule has 2 aliphatic carbocycles. The molecule has 0 radical (unpaired) electrons. The topological polar surface area (TPSA) is 38.9 Å². The normalized spacial score (nSPS) is 33.5. The molecule has 4 unspecified atom stereocenters. The van der Waals surface area contributed by atoms with E-state index in [2.05, 4.69) is 32.9 Å². The molecule has 1 fully saturated rings. The summed E-state index contributed by atoms with van der Waals surface area (Å²) in [7, 11) is 0. The predicted octanol–water partition coefficient (Wildman–Crippen LogP) is 4.29. The van der Waals surface area contributed by atoms with Crippen LogP contribution in [0.4, 0.5) is 0 Å². The smallest absolute Gasteiger partial charge is 0.0469 e. The molecule has 2 N–H and O–H groups in total. The zero-order chi connectivity index (χ0) is 15.0. The second-order valence-corrected chi connectivity index (χ2v) is 8.25. The molecule has 3 rings (SSSR count). The Morgan fingerprint density at radius 3 is 2.76 bits per heavy atom. The van der Waals surface area contributed by atoms with E-state index in [0.717, 1.165) is 5.92 Å². The molecular weight excluding hydrogens is 256 g/mol. The van der Waals surface area contributed by atoms with Crippen LogP contribution >= 0.6 is 0 Å². The van der Waals surface area contributed by atoms with Crippen LogP contribution in [-0.4, -0.2) is 11.0 Å². The van der Waals surface area contributed by atoms with E-state index in [9.17, 15) is 0 Å². The summed E-state index contributed by atoms with van der Waals surface area (Å²) in [6.07, 6.45) is 9.50. The van der Waals surface area contributed by atoms with E-state index in [1.165, 1.54) is 49.8 Å². The second-order valence-electron chi connectivity index (χ2n) is 8.25. The fourth-order valence-corrected chi connectivity index (χ4v) is 4.54. The number of pyridine rings is 1. The molecule has 0 spiro atoms. The van der Waals surface area contributed by atoms with Crippen LogP contribution in [0.1, 0.15) is 70.1 Å². The first-order valence-electron chi connectivity index (χ1n) is 8.66. The predicted molar refractivity (Wildman–Crippen MR) is 88.2 cm³/mol. The maximum absolute atomic E-state index is 6.54. The van der Waals surface area contributed by atoms with Crippen molar-refractivity contribution < 1.29 is 0 Å². The molecular formula is C19H30N2. The molecule has 2 heteroatoms. The highest BCUT2D eigenvalue weighted by Gasteiger charge is 2.40. The Hall–Kier alpha value is -0.890. The Morgan fingerprint density at radius 2 is 2.00 bits per heavy atom. The van der Waals surface area contributed by atoms with E-state index in [-0.39, 0.29) is 0 Å². The third-order valence-electron chi connectivity index (χ3n) is 5.94. The van der Waals surface area contributed by atoms with Crippen molar-refractivity contribution in [3.63, 3.8) is 0 Å². The first kappa shape index (κ1) is 15.0. The molecule has 0 saturated heterocycles. The van der Waals surface area contributed by atoms with Crippen LogP contribution in [0.2, 0.25) is 0 Å². The summed E-state index contributed by atoms with van der Waals surface area (Å²) in [5, 5.41) is 0. The minimum atomic E-state index is 0.363. The first-order chi connectivity index (χ1) is 9.97. The highest BCUT2D eigenvalue weighted by Crippen LogP contribution is 2.47. The molecule has 2 nitrogen and oxygen atoms in total. The van der Waals surface area contributed by atoms with Crippen molar-refractivity contribution in [3.8, 4) is 0 Å². The summed E-state index contributed by atoms with van der Waals surface area (Å²) in [5.41, 5.74) is 9.78. The first-order valence-corrected chi connectivity index (χ1v) is 8.66. The number of rotatable bonds is 1. The third-order valence-corrected chi connectivity index (χ3v) is 5.94. The van der Waals surface area contributed by atoms with Crippen LogP contribution in [0.3, 0.4) is 0 Å². The van der Waals surface area contributed by atoms with E-state index < -0.39 is 0 Å². The van der Waals surface area contributed by atoms with Gasteiger partial charge in [-0.1, -0.05) is 26.8 Å². The molecule has 1 heterocycles. The largest absolute Gasteiger partial charge is 0.327 e. The monoisotopic (exact) mass is 286 g/mol. The fourth-order valence-electron chi connectivity index (χ4n) is 4.54. The molecule has 116 valence electrons. The molecule has 1 aromatic rings.